The van der Waals surface area contributed by atoms with Crippen molar-refractivity contribution in [3.63, 3.8) is 0 Å². The summed E-state index contributed by atoms with van der Waals surface area (Å²) in [6.45, 7) is 0. The summed E-state index contributed by atoms with van der Waals surface area (Å²) in [6, 6.07) is 15.0. The SMILES string of the molecule is [C]#CCCCCc1cccc2ccccc12. The average molecular weight is 207 g/mol. The number of rotatable bonds is 4. The molecule has 0 aliphatic rings. The van der Waals surface area contributed by atoms with Gasteiger partial charge in [-0.25, -0.2) is 0 Å². The number of benzene rings is 2. The van der Waals surface area contributed by atoms with E-state index in [2.05, 4.69) is 48.4 Å². The molecule has 0 heterocycles. The van der Waals surface area contributed by atoms with Gasteiger partial charge in [0.15, 0.2) is 0 Å². The first kappa shape index (κ1) is 10.8. The first-order valence-electron chi connectivity index (χ1n) is 5.78. The minimum absolute atomic E-state index is 0.783. The van der Waals surface area contributed by atoms with Gasteiger partial charge in [0.2, 0.25) is 0 Å². The lowest BCUT2D eigenvalue weighted by atomic mass is 10.00. The summed E-state index contributed by atoms with van der Waals surface area (Å²) in [5, 5.41) is 2.68. The second kappa shape index (κ2) is 5.37. The Labute approximate surface area is 97.3 Å². The molecule has 16 heavy (non-hydrogen) atoms. The predicted octanol–water partition coefficient (Wildman–Crippen LogP) is 4.14. The number of fused-ring (bicyclic) bond motifs is 1. The Morgan fingerprint density at radius 2 is 1.75 bits per heavy atom. The molecular weight excluding hydrogens is 192 g/mol. The highest BCUT2D eigenvalue weighted by Crippen LogP contribution is 2.20. The monoisotopic (exact) mass is 207 g/mol. The van der Waals surface area contributed by atoms with Crippen molar-refractivity contribution in [2.24, 2.45) is 0 Å². The van der Waals surface area contributed by atoms with Crippen LogP contribution in [-0.4, -0.2) is 0 Å². The van der Waals surface area contributed by atoms with E-state index in [4.69, 9.17) is 6.42 Å². The summed E-state index contributed by atoms with van der Waals surface area (Å²) in [4.78, 5) is 0. The van der Waals surface area contributed by atoms with E-state index in [1.54, 1.807) is 0 Å². The zero-order valence-corrected chi connectivity index (χ0v) is 9.37. The molecule has 0 atom stereocenters. The molecule has 0 amide bonds. The van der Waals surface area contributed by atoms with Gasteiger partial charge in [0, 0.05) is 6.42 Å². The van der Waals surface area contributed by atoms with E-state index in [0.717, 1.165) is 25.7 Å². The van der Waals surface area contributed by atoms with Crippen LogP contribution < -0.4 is 0 Å². The molecule has 0 nitrogen and oxygen atoms in total. The molecule has 0 unspecified atom stereocenters. The number of unbranched alkanes of at least 4 members (excludes halogenated alkanes) is 2. The van der Waals surface area contributed by atoms with E-state index in [1.165, 1.54) is 16.3 Å². The van der Waals surface area contributed by atoms with E-state index in [1.807, 2.05) is 0 Å². The minimum Gasteiger partial charge on any atom is -0.0891 e. The highest BCUT2D eigenvalue weighted by Gasteiger charge is 1.99. The van der Waals surface area contributed by atoms with Crippen LogP contribution in [0.15, 0.2) is 42.5 Å². The zero-order chi connectivity index (χ0) is 11.2. The van der Waals surface area contributed by atoms with Gasteiger partial charge in [0.05, 0.1) is 0 Å². The van der Waals surface area contributed by atoms with Crippen molar-refractivity contribution in [1.82, 2.24) is 0 Å². The summed E-state index contributed by atoms with van der Waals surface area (Å²) in [5.41, 5.74) is 1.42. The Morgan fingerprint density at radius 3 is 2.62 bits per heavy atom. The topological polar surface area (TPSA) is 0 Å². The Kier molecular flexibility index (Phi) is 3.62. The molecule has 0 aliphatic heterocycles. The first-order valence-corrected chi connectivity index (χ1v) is 5.78. The van der Waals surface area contributed by atoms with Gasteiger partial charge in [-0.15, -0.1) is 0 Å². The molecule has 2 aromatic rings. The van der Waals surface area contributed by atoms with Crippen LogP contribution in [0.3, 0.4) is 0 Å². The van der Waals surface area contributed by atoms with Crippen molar-refractivity contribution in [2.75, 3.05) is 0 Å². The van der Waals surface area contributed by atoms with Crippen LogP contribution in [0.5, 0.6) is 0 Å². The lowest BCUT2D eigenvalue weighted by molar-refractivity contribution is 0.759. The zero-order valence-electron chi connectivity index (χ0n) is 9.37. The maximum Gasteiger partial charge on any atom is 0.00990 e. The maximum atomic E-state index is 6.87. The quantitative estimate of drug-likeness (QED) is 0.522. The Morgan fingerprint density at radius 1 is 0.938 bits per heavy atom. The summed E-state index contributed by atoms with van der Waals surface area (Å²) in [7, 11) is 0. The smallest absolute Gasteiger partial charge is 0.00990 e. The summed E-state index contributed by atoms with van der Waals surface area (Å²) in [6.07, 6.45) is 11.0. The molecule has 1 radical (unpaired) electrons. The van der Waals surface area contributed by atoms with Gasteiger partial charge in [-0.05, 0) is 42.0 Å². The molecule has 0 saturated heterocycles. The highest BCUT2D eigenvalue weighted by molar-refractivity contribution is 5.85. The third-order valence-electron chi connectivity index (χ3n) is 2.88. The molecule has 0 aliphatic carbocycles. The summed E-state index contributed by atoms with van der Waals surface area (Å²) in [5.74, 6) is 2.44. The van der Waals surface area contributed by atoms with Gasteiger partial charge in [-0.2, -0.15) is 0 Å². The van der Waals surface area contributed by atoms with Gasteiger partial charge in [-0.3, -0.25) is 0 Å². The van der Waals surface area contributed by atoms with Gasteiger partial charge >= 0.3 is 0 Å². The van der Waals surface area contributed by atoms with E-state index in [-0.39, 0.29) is 0 Å². The molecular formula is C16H15. The molecule has 0 heteroatoms. The van der Waals surface area contributed by atoms with Crippen LogP contribution in [0.25, 0.3) is 10.8 Å². The molecule has 0 bridgehead atoms. The molecule has 0 saturated carbocycles. The van der Waals surface area contributed by atoms with Crippen LogP contribution in [0, 0.1) is 12.3 Å². The second-order valence-corrected chi connectivity index (χ2v) is 4.02. The highest BCUT2D eigenvalue weighted by atomic mass is 14.0. The lowest BCUT2D eigenvalue weighted by Gasteiger charge is -2.05. The Hall–Kier alpha value is -1.74. The third kappa shape index (κ3) is 2.44. The van der Waals surface area contributed by atoms with Gasteiger partial charge in [0.1, 0.15) is 0 Å². The third-order valence-corrected chi connectivity index (χ3v) is 2.88. The standard InChI is InChI=1S/C16H15/c1-2-3-4-5-9-14-11-8-12-15-10-6-7-13-16(14)15/h6-8,10-13H,3-5,9H2. The first-order chi connectivity index (χ1) is 7.92. The normalized spacial score (nSPS) is 10.2. The van der Waals surface area contributed by atoms with Crippen LogP contribution in [-0.2, 0) is 6.42 Å². The number of hydrogen-bond acceptors (Lipinski definition) is 0. The van der Waals surface area contributed by atoms with Gasteiger partial charge < -0.3 is 0 Å². The molecule has 0 aromatic heterocycles. The molecule has 0 spiro atoms. The fourth-order valence-corrected chi connectivity index (χ4v) is 2.04. The van der Waals surface area contributed by atoms with Crippen LogP contribution in [0.1, 0.15) is 24.8 Å². The summed E-state index contributed by atoms with van der Waals surface area (Å²) < 4.78 is 0. The van der Waals surface area contributed by atoms with E-state index >= 15 is 0 Å². The lowest BCUT2D eigenvalue weighted by Crippen LogP contribution is -1.87. The minimum atomic E-state index is 0.783. The molecule has 2 rings (SSSR count). The van der Waals surface area contributed by atoms with Crippen LogP contribution >= 0.6 is 0 Å². The maximum absolute atomic E-state index is 6.87. The van der Waals surface area contributed by atoms with E-state index in [9.17, 15) is 0 Å². The van der Waals surface area contributed by atoms with Gasteiger partial charge in [-0.1, -0.05) is 48.4 Å². The van der Waals surface area contributed by atoms with E-state index < -0.39 is 0 Å². The van der Waals surface area contributed by atoms with Crippen LogP contribution in [0.4, 0.5) is 0 Å². The summed E-state index contributed by atoms with van der Waals surface area (Å²) >= 11 is 0. The van der Waals surface area contributed by atoms with Crippen molar-refractivity contribution < 1.29 is 0 Å². The van der Waals surface area contributed by atoms with Crippen molar-refractivity contribution in [1.29, 1.82) is 0 Å². The Balaban J connectivity index is 2.15. The predicted molar refractivity (Wildman–Crippen MR) is 68.6 cm³/mol. The van der Waals surface area contributed by atoms with E-state index in [0.29, 0.717) is 0 Å². The fraction of sp³-hybridized carbons (Fsp3) is 0.250. The molecule has 0 fully saturated rings. The molecule has 0 N–H and O–H groups in total. The Bertz CT molecular complexity index is 497. The van der Waals surface area contributed by atoms with Crippen molar-refractivity contribution in [3.8, 4) is 5.92 Å². The van der Waals surface area contributed by atoms with Crippen LogP contribution in [0.2, 0.25) is 0 Å². The largest absolute Gasteiger partial charge is 0.0891 e. The van der Waals surface area contributed by atoms with Crippen molar-refractivity contribution >= 4 is 10.8 Å². The number of hydrogen-bond donors (Lipinski definition) is 0. The molecule has 79 valence electrons. The second-order valence-electron chi connectivity index (χ2n) is 4.02. The van der Waals surface area contributed by atoms with Gasteiger partial charge in [0.25, 0.3) is 0 Å². The van der Waals surface area contributed by atoms with Crippen molar-refractivity contribution in [2.45, 2.75) is 25.7 Å². The van der Waals surface area contributed by atoms with Crippen molar-refractivity contribution in [3.05, 3.63) is 54.5 Å². The fourth-order valence-electron chi connectivity index (χ4n) is 2.04. The average Bonchev–Trinajstić information content (AvgIpc) is 2.35. The molecule has 2 aromatic carbocycles. The number of aryl methyl sites for hydroxylation is 1.